The first-order valence-corrected chi connectivity index (χ1v) is 10.0. The van der Waals surface area contributed by atoms with E-state index >= 15 is 0 Å². The topological polar surface area (TPSA) is 61.9 Å². The van der Waals surface area contributed by atoms with E-state index in [2.05, 4.69) is 24.3 Å². The summed E-state index contributed by atoms with van der Waals surface area (Å²) in [5.74, 6) is 0.170. The summed E-state index contributed by atoms with van der Waals surface area (Å²) in [4.78, 5) is 28.9. The number of ether oxygens (including phenoxy) is 1. The highest BCUT2D eigenvalue weighted by molar-refractivity contribution is 5.93. The molecule has 3 fully saturated rings. The van der Waals surface area contributed by atoms with Gasteiger partial charge in [0.15, 0.2) is 0 Å². The Morgan fingerprint density at radius 3 is 2.93 bits per heavy atom. The minimum atomic E-state index is -0.404. The van der Waals surface area contributed by atoms with E-state index in [0.717, 1.165) is 25.9 Å². The van der Waals surface area contributed by atoms with E-state index in [1.807, 2.05) is 4.90 Å². The van der Waals surface area contributed by atoms with E-state index in [1.165, 1.54) is 18.2 Å². The maximum Gasteiger partial charge on any atom is 0.224 e. The lowest BCUT2D eigenvalue weighted by Gasteiger charge is -2.30. The molecule has 152 valence electrons. The molecular weight excluding hydrogens is 361 g/mol. The van der Waals surface area contributed by atoms with Gasteiger partial charge in [-0.3, -0.25) is 9.59 Å². The average Bonchev–Trinajstić information content (AvgIpc) is 3.29. The molecule has 1 N–H and O–H groups in total. The SMILES string of the molecule is CN(C)C[C@H]1[C@H]2CN(C(=O)CCC(=O)Nc3cccc(F)c3)C[C@]23CC[C@H]1O3. The molecule has 3 aliphatic rings. The number of halogens is 1. The van der Waals surface area contributed by atoms with Crippen LogP contribution < -0.4 is 5.32 Å². The van der Waals surface area contributed by atoms with Gasteiger partial charge in [-0.2, -0.15) is 0 Å². The van der Waals surface area contributed by atoms with Crippen LogP contribution in [0.25, 0.3) is 0 Å². The van der Waals surface area contributed by atoms with Gasteiger partial charge in [-0.05, 0) is 45.1 Å². The Labute approximate surface area is 165 Å². The molecule has 4 rings (SSSR count). The normalized spacial score (nSPS) is 30.7. The van der Waals surface area contributed by atoms with Crippen molar-refractivity contribution in [3.8, 4) is 0 Å². The van der Waals surface area contributed by atoms with Crippen molar-refractivity contribution in [1.82, 2.24) is 9.80 Å². The molecule has 1 aromatic carbocycles. The highest BCUT2D eigenvalue weighted by Gasteiger charge is 2.63. The zero-order valence-corrected chi connectivity index (χ0v) is 16.5. The molecule has 28 heavy (non-hydrogen) atoms. The summed E-state index contributed by atoms with van der Waals surface area (Å²) >= 11 is 0. The lowest BCUT2D eigenvalue weighted by atomic mass is 9.73. The molecule has 2 amide bonds. The lowest BCUT2D eigenvalue weighted by Crippen LogP contribution is -2.40. The maximum atomic E-state index is 13.2. The van der Waals surface area contributed by atoms with Crippen LogP contribution in [0.3, 0.4) is 0 Å². The van der Waals surface area contributed by atoms with Crippen LogP contribution in [0.15, 0.2) is 24.3 Å². The van der Waals surface area contributed by atoms with E-state index < -0.39 is 5.82 Å². The molecule has 3 saturated heterocycles. The third-order valence-electron chi connectivity index (χ3n) is 6.39. The Bertz CT molecular complexity index is 771. The molecule has 0 saturated carbocycles. The number of fused-ring (bicyclic) bond motifs is 1. The molecule has 0 aromatic heterocycles. The Kier molecular flexibility index (Phi) is 5.14. The molecule has 0 aliphatic carbocycles. The fraction of sp³-hybridized carbons (Fsp3) is 0.619. The van der Waals surface area contributed by atoms with Crippen molar-refractivity contribution in [1.29, 1.82) is 0 Å². The van der Waals surface area contributed by atoms with Crippen LogP contribution in [0.2, 0.25) is 0 Å². The summed E-state index contributed by atoms with van der Waals surface area (Å²) in [5.41, 5.74) is 0.231. The standard InChI is InChI=1S/C21H28FN3O3/c1-24(2)11-16-17-12-25(13-21(17)9-8-18(16)28-21)20(27)7-6-19(26)23-15-5-3-4-14(22)10-15/h3-5,10,16-18H,6-9,11-13H2,1-2H3,(H,23,26)/t16-,17+,18+,21+/m0/s1. The van der Waals surface area contributed by atoms with Crippen LogP contribution in [-0.2, 0) is 14.3 Å². The van der Waals surface area contributed by atoms with E-state index in [0.29, 0.717) is 30.2 Å². The monoisotopic (exact) mass is 389 g/mol. The van der Waals surface area contributed by atoms with Gasteiger partial charge in [0.1, 0.15) is 5.82 Å². The number of carbonyl (C=O) groups excluding carboxylic acids is 2. The zero-order valence-electron chi connectivity index (χ0n) is 16.5. The summed E-state index contributed by atoms with van der Waals surface area (Å²) in [5, 5.41) is 2.64. The molecule has 1 spiro atoms. The second kappa shape index (κ2) is 7.44. The lowest BCUT2D eigenvalue weighted by molar-refractivity contribution is -0.133. The summed E-state index contributed by atoms with van der Waals surface area (Å²) in [6, 6.07) is 5.75. The third kappa shape index (κ3) is 3.65. The highest BCUT2D eigenvalue weighted by Crippen LogP contribution is 2.54. The van der Waals surface area contributed by atoms with Crippen LogP contribution in [0.1, 0.15) is 25.7 Å². The van der Waals surface area contributed by atoms with Crippen molar-refractivity contribution in [2.45, 2.75) is 37.4 Å². The summed E-state index contributed by atoms with van der Waals surface area (Å²) in [6.45, 7) is 2.34. The minimum Gasteiger partial charge on any atom is -0.369 e. The quantitative estimate of drug-likeness (QED) is 0.810. The number of hydrogen-bond acceptors (Lipinski definition) is 4. The van der Waals surface area contributed by atoms with Crippen LogP contribution in [0.4, 0.5) is 10.1 Å². The number of hydrogen-bond donors (Lipinski definition) is 1. The van der Waals surface area contributed by atoms with Crippen molar-refractivity contribution in [2.75, 3.05) is 39.0 Å². The van der Waals surface area contributed by atoms with Crippen molar-refractivity contribution in [3.63, 3.8) is 0 Å². The van der Waals surface area contributed by atoms with E-state index in [4.69, 9.17) is 4.74 Å². The summed E-state index contributed by atoms with van der Waals surface area (Å²) in [7, 11) is 4.15. The van der Waals surface area contributed by atoms with Gasteiger partial charge in [0.05, 0.1) is 18.2 Å². The summed E-state index contributed by atoms with van der Waals surface area (Å²) < 4.78 is 19.6. The second-order valence-corrected chi connectivity index (χ2v) is 8.63. The number of amides is 2. The van der Waals surface area contributed by atoms with Gasteiger partial charge in [0.2, 0.25) is 11.8 Å². The van der Waals surface area contributed by atoms with Crippen LogP contribution >= 0.6 is 0 Å². The highest BCUT2D eigenvalue weighted by atomic mass is 19.1. The predicted octanol–water partition coefficient (Wildman–Crippen LogP) is 2.11. The van der Waals surface area contributed by atoms with Crippen LogP contribution in [0.5, 0.6) is 0 Å². The molecule has 0 radical (unpaired) electrons. The van der Waals surface area contributed by atoms with Gasteiger partial charge in [0.25, 0.3) is 0 Å². The van der Waals surface area contributed by atoms with Crippen molar-refractivity contribution < 1.29 is 18.7 Å². The van der Waals surface area contributed by atoms with Gasteiger partial charge in [-0.25, -0.2) is 4.39 Å². The third-order valence-corrected chi connectivity index (χ3v) is 6.39. The van der Waals surface area contributed by atoms with E-state index in [-0.39, 0.29) is 30.3 Å². The number of likely N-dealkylation sites (tertiary alicyclic amines) is 1. The molecule has 1 aromatic rings. The van der Waals surface area contributed by atoms with E-state index in [9.17, 15) is 14.0 Å². The van der Waals surface area contributed by atoms with Gasteiger partial charge >= 0.3 is 0 Å². The molecule has 3 aliphatic heterocycles. The number of nitrogens with zero attached hydrogens (tertiary/aromatic N) is 2. The first-order chi connectivity index (χ1) is 13.4. The largest absolute Gasteiger partial charge is 0.369 e. The Balaban J connectivity index is 1.31. The van der Waals surface area contributed by atoms with Gasteiger partial charge in [-0.1, -0.05) is 6.07 Å². The Morgan fingerprint density at radius 1 is 1.36 bits per heavy atom. The van der Waals surface area contributed by atoms with Crippen molar-refractivity contribution >= 4 is 17.5 Å². The predicted molar refractivity (Wildman–Crippen MR) is 103 cm³/mol. The molecular formula is C21H28FN3O3. The molecule has 7 heteroatoms. The van der Waals surface area contributed by atoms with Crippen molar-refractivity contribution in [2.24, 2.45) is 11.8 Å². The summed E-state index contributed by atoms with van der Waals surface area (Å²) in [6.07, 6.45) is 2.67. The molecule has 0 unspecified atom stereocenters. The second-order valence-electron chi connectivity index (χ2n) is 8.63. The van der Waals surface area contributed by atoms with Gasteiger partial charge in [0, 0.05) is 43.5 Å². The minimum absolute atomic E-state index is 0.00572. The number of anilines is 1. The van der Waals surface area contributed by atoms with Crippen LogP contribution in [-0.4, -0.2) is 67.0 Å². The zero-order chi connectivity index (χ0) is 19.9. The van der Waals surface area contributed by atoms with Crippen molar-refractivity contribution in [3.05, 3.63) is 30.1 Å². The number of rotatable bonds is 6. The molecule has 2 bridgehead atoms. The Morgan fingerprint density at radius 2 is 2.18 bits per heavy atom. The average molecular weight is 389 g/mol. The number of carbonyl (C=O) groups is 2. The first kappa shape index (κ1) is 19.3. The fourth-order valence-electron chi connectivity index (χ4n) is 5.21. The van der Waals surface area contributed by atoms with Gasteiger partial charge < -0.3 is 19.9 Å². The molecule has 4 atom stereocenters. The first-order valence-electron chi connectivity index (χ1n) is 10.0. The molecule has 6 nitrogen and oxygen atoms in total. The number of nitrogens with one attached hydrogen (secondary N) is 1. The fourth-order valence-corrected chi connectivity index (χ4v) is 5.21. The number of benzene rings is 1. The molecule has 3 heterocycles. The maximum absolute atomic E-state index is 13.2. The smallest absolute Gasteiger partial charge is 0.224 e. The van der Waals surface area contributed by atoms with Gasteiger partial charge in [-0.15, -0.1) is 0 Å². The Hall–Kier alpha value is -1.99. The van der Waals surface area contributed by atoms with E-state index in [1.54, 1.807) is 6.07 Å². The van der Waals surface area contributed by atoms with Crippen LogP contribution in [0, 0.1) is 17.7 Å².